The van der Waals surface area contributed by atoms with E-state index < -0.39 is 10.9 Å². The van der Waals surface area contributed by atoms with Gasteiger partial charge in [-0.15, -0.1) is 0 Å². The highest BCUT2D eigenvalue weighted by molar-refractivity contribution is 5.75. The molecule has 126 valence electrons. The van der Waals surface area contributed by atoms with Crippen molar-refractivity contribution in [2.45, 2.75) is 13.3 Å². The maximum atomic E-state index is 11.8. The molecule has 7 heteroatoms. The lowest BCUT2D eigenvalue weighted by Gasteiger charge is -2.08. The van der Waals surface area contributed by atoms with E-state index in [4.69, 9.17) is 14.2 Å². The molecule has 7 nitrogen and oxygen atoms in total. The van der Waals surface area contributed by atoms with Gasteiger partial charge in [0.15, 0.2) is 6.61 Å². The Balaban J connectivity index is 2.00. The topological polar surface area (TPSA) is 87.9 Å². The predicted octanol–water partition coefficient (Wildman–Crippen LogP) is 3.15. The summed E-state index contributed by atoms with van der Waals surface area (Å²) >= 11 is 0. The maximum Gasteiger partial charge on any atom is 0.349 e. The van der Waals surface area contributed by atoms with E-state index in [-0.39, 0.29) is 18.0 Å². The number of nitro benzene ring substituents is 1. The third-order valence-corrected chi connectivity index (χ3v) is 3.27. The summed E-state index contributed by atoms with van der Waals surface area (Å²) in [6.07, 6.45) is 0.906. The lowest BCUT2D eigenvalue weighted by atomic mass is 10.2. The van der Waals surface area contributed by atoms with Crippen LogP contribution >= 0.6 is 0 Å². The number of carbonyl (C=O) groups is 1. The number of ether oxygens (including phenoxy) is 3. The van der Waals surface area contributed by atoms with Crippen LogP contribution in [-0.4, -0.2) is 24.6 Å². The smallest absolute Gasteiger partial charge is 0.349 e. The molecular weight excluding hydrogens is 314 g/mol. The predicted molar refractivity (Wildman–Crippen MR) is 86.6 cm³/mol. The second-order valence-electron chi connectivity index (χ2n) is 4.85. The van der Waals surface area contributed by atoms with E-state index in [0.717, 1.165) is 12.0 Å². The van der Waals surface area contributed by atoms with Crippen molar-refractivity contribution >= 4 is 11.7 Å². The Hall–Kier alpha value is -3.09. The minimum Gasteiger partial charge on any atom is -0.496 e. The number of hydrogen-bond donors (Lipinski definition) is 0. The summed E-state index contributed by atoms with van der Waals surface area (Å²) in [5, 5.41) is 11.0. The third-order valence-electron chi connectivity index (χ3n) is 3.27. The van der Waals surface area contributed by atoms with Crippen LogP contribution < -0.4 is 14.2 Å². The number of hydrogen-bond acceptors (Lipinski definition) is 6. The van der Waals surface area contributed by atoms with Gasteiger partial charge in [0, 0.05) is 0 Å². The Morgan fingerprint density at radius 2 is 1.79 bits per heavy atom. The molecule has 0 fully saturated rings. The molecule has 2 rings (SSSR count). The lowest BCUT2D eigenvalue weighted by Crippen LogP contribution is -2.18. The molecule has 0 spiro atoms. The first-order chi connectivity index (χ1) is 11.5. The van der Waals surface area contributed by atoms with Gasteiger partial charge in [-0.05, 0) is 36.2 Å². The van der Waals surface area contributed by atoms with Gasteiger partial charge < -0.3 is 14.2 Å². The number of methoxy groups -OCH3 is 1. The van der Waals surface area contributed by atoms with Gasteiger partial charge in [0.2, 0.25) is 5.75 Å². The number of rotatable bonds is 7. The molecule has 0 saturated heterocycles. The summed E-state index contributed by atoms with van der Waals surface area (Å²) in [5.74, 6) is -0.0688. The number of esters is 1. The Morgan fingerprint density at radius 1 is 1.12 bits per heavy atom. The van der Waals surface area contributed by atoms with Crippen molar-refractivity contribution in [1.82, 2.24) is 0 Å². The van der Waals surface area contributed by atoms with Gasteiger partial charge in [-0.1, -0.05) is 19.1 Å². The molecule has 0 aromatic heterocycles. The third kappa shape index (κ3) is 4.45. The molecule has 0 aliphatic rings. The van der Waals surface area contributed by atoms with E-state index in [9.17, 15) is 14.9 Å². The molecule has 0 N–H and O–H groups in total. The van der Waals surface area contributed by atoms with Crippen LogP contribution in [0.25, 0.3) is 0 Å². The van der Waals surface area contributed by atoms with Crippen LogP contribution in [0.4, 0.5) is 5.69 Å². The largest absolute Gasteiger partial charge is 0.496 e. The summed E-state index contributed by atoms with van der Waals surface area (Å²) in [5.41, 5.74) is 0.800. The molecule has 0 aliphatic heterocycles. The highest BCUT2D eigenvalue weighted by Crippen LogP contribution is 2.31. The van der Waals surface area contributed by atoms with Crippen LogP contribution in [0.3, 0.4) is 0 Å². The molecule has 0 heterocycles. The summed E-state index contributed by atoms with van der Waals surface area (Å²) in [6.45, 7) is 1.68. The molecular formula is C17H17NO6. The van der Waals surface area contributed by atoms with Crippen LogP contribution in [0.1, 0.15) is 12.5 Å². The monoisotopic (exact) mass is 331 g/mol. The molecule has 2 aromatic carbocycles. The minimum absolute atomic E-state index is 0.157. The second kappa shape index (κ2) is 7.96. The molecule has 0 atom stereocenters. The average Bonchev–Trinajstić information content (AvgIpc) is 2.60. The van der Waals surface area contributed by atoms with Gasteiger partial charge in [0.05, 0.1) is 18.1 Å². The number of nitrogens with zero attached hydrogens (tertiary/aromatic N) is 1. The highest BCUT2D eigenvalue weighted by Gasteiger charge is 2.19. The summed E-state index contributed by atoms with van der Waals surface area (Å²) < 4.78 is 15.2. The van der Waals surface area contributed by atoms with Crippen LogP contribution in [0.2, 0.25) is 0 Å². The lowest BCUT2D eigenvalue weighted by molar-refractivity contribution is -0.385. The quantitative estimate of drug-likeness (QED) is 0.335. The van der Waals surface area contributed by atoms with Crippen LogP contribution in [-0.2, 0) is 11.2 Å². The first-order valence-corrected chi connectivity index (χ1v) is 7.28. The van der Waals surface area contributed by atoms with Crippen molar-refractivity contribution in [1.29, 1.82) is 0 Å². The first kappa shape index (κ1) is 17.3. The van der Waals surface area contributed by atoms with E-state index in [0.29, 0.717) is 11.5 Å². The Bertz CT molecular complexity index is 726. The van der Waals surface area contributed by atoms with Crippen LogP contribution in [0.15, 0.2) is 42.5 Å². The van der Waals surface area contributed by atoms with Crippen molar-refractivity contribution in [2.75, 3.05) is 13.7 Å². The minimum atomic E-state index is -0.733. The Labute approximate surface area is 138 Å². The zero-order chi connectivity index (χ0) is 17.5. The van der Waals surface area contributed by atoms with Gasteiger partial charge in [-0.3, -0.25) is 10.1 Å². The van der Waals surface area contributed by atoms with E-state index in [2.05, 4.69) is 0 Å². The van der Waals surface area contributed by atoms with Gasteiger partial charge in [0.1, 0.15) is 11.5 Å². The molecule has 24 heavy (non-hydrogen) atoms. The van der Waals surface area contributed by atoms with Gasteiger partial charge in [-0.25, -0.2) is 4.79 Å². The molecule has 0 unspecified atom stereocenters. The summed E-state index contributed by atoms with van der Waals surface area (Å²) in [4.78, 5) is 22.2. The average molecular weight is 331 g/mol. The standard InChI is InChI=1S/C17H17NO6/c1-3-12-4-6-13(7-5-12)23-11-17(19)24-16-9-8-14(22-2)10-15(16)18(20)21/h4-10H,3,11H2,1-2H3. The van der Waals surface area contributed by atoms with Crippen molar-refractivity contribution in [3.8, 4) is 17.2 Å². The normalized spacial score (nSPS) is 10.1. The van der Waals surface area contributed by atoms with Crippen molar-refractivity contribution in [3.05, 3.63) is 58.1 Å². The molecule has 0 saturated carbocycles. The number of benzene rings is 2. The summed E-state index contributed by atoms with van der Waals surface area (Å²) in [7, 11) is 1.39. The van der Waals surface area contributed by atoms with Crippen molar-refractivity contribution in [3.63, 3.8) is 0 Å². The SMILES string of the molecule is CCc1ccc(OCC(=O)Oc2ccc(OC)cc2[N+](=O)[O-])cc1. The number of nitro groups is 1. The van der Waals surface area contributed by atoms with E-state index in [1.54, 1.807) is 12.1 Å². The first-order valence-electron chi connectivity index (χ1n) is 7.28. The second-order valence-corrected chi connectivity index (χ2v) is 4.85. The fourth-order valence-corrected chi connectivity index (χ4v) is 1.97. The van der Waals surface area contributed by atoms with E-state index in [1.165, 1.54) is 25.3 Å². The number of aryl methyl sites for hydroxylation is 1. The molecule has 0 amide bonds. The highest BCUT2D eigenvalue weighted by atomic mass is 16.6. The fraction of sp³-hybridized carbons (Fsp3) is 0.235. The zero-order valence-corrected chi connectivity index (χ0v) is 13.4. The zero-order valence-electron chi connectivity index (χ0n) is 13.4. The Morgan fingerprint density at radius 3 is 2.38 bits per heavy atom. The maximum absolute atomic E-state index is 11.8. The number of carbonyl (C=O) groups excluding carboxylic acids is 1. The van der Waals surface area contributed by atoms with E-state index >= 15 is 0 Å². The molecule has 0 radical (unpaired) electrons. The van der Waals surface area contributed by atoms with Gasteiger partial charge in [0.25, 0.3) is 0 Å². The van der Waals surface area contributed by atoms with Crippen molar-refractivity contribution in [2.24, 2.45) is 0 Å². The van der Waals surface area contributed by atoms with E-state index in [1.807, 2.05) is 19.1 Å². The van der Waals surface area contributed by atoms with Gasteiger partial charge in [-0.2, -0.15) is 0 Å². The molecule has 0 bridgehead atoms. The Kier molecular flexibility index (Phi) is 5.73. The van der Waals surface area contributed by atoms with Crippen LogP contribution in [0, 0.1) is 10.1 Å². The van der Waals surface area contributed by atoms with Crippen molar-refractivity contribution < 1.29 is 23.9 Å². The van der Waals surface area contributed by atoms with Gasteiger partial charge >= 0.3 is 11.7 Å². The molecule has 0 aliphatic carbocycles. The fourth-order valence-electron chi connectivity index (χ4n) is 1.97. The molecule has 2 aromatic rings. The summed E-state index contributed by atoms with van der Waals surface area (Å²) in [6, 6.07) is 11.3. The van der Waals surface area contributed by atoms with Crippen LogP contribution in [0.5, 0.6) is 17.2 Å².